The molecule has 2 aromatic heterocycles. The van der Waals surface area contributed by atoms with Crippen LogP contribution in [0.25, 0.3) is 5.82 Å². The van der Waals surface area contributed by atoms with Crippen molar-refractivity contribution >= 4 is 5.97 Å². The summed E-state index contributed by atoms with van der Waals surface area (Å²) < 4.78 is 6.44. The highest BCUT2D eigenvalue weighted by molar-refractivity contribution is 5.88. The second kappa shape index (κ2) is 4.78. The lowest BCUT2D eigenvalue weighted by Gasteiger charge is -2.00. The molecule has 0 spiro atoms. The summed E-state index contributed by atoms with van der Waals surface area (Å²) >= 11 is 0. The minimum Gasteiger partial charge on any atom is -0.462 e. The number of rotatable bonds is 3. The lowest BCUT2D eigenvalue weighted by Crippen LogP contribution is -2.03. The summed E-state index contributed by atoms with van der Waals surface area (Å²) in [5.74, 6) is 0.312. The van der Waals surface area contributed by atoms with Gasteiger partial charge in [-0.2, -0.15) is 5.10 Å². The highest BCUT2D eigenvalue weighted by Gasteiger charge is 2.10. The molecular weight excluding hydrogens is 218 g/mol. The number of esters is 1. The molecule has 0 aliphatic heterocycles. The largest absolute Gasteiger partial charge is 0.462 e. The second-order valence-electron chi connectivity index (χ2n) is 3.59. The molecule has 0 fully saturated rings. The number of nitrogens with zero attached hydrogens (tertiary/aromatic N) is 3. The zero-order valence-corrected chi connectivity index (χ0v) is 9.75. The molecule has 5 nitrogen and oxygen atoms in total. The zero-order chi connectivity index (χ0) is 12.3. The van der Waals surface area contributed by atoms with E-state index in [1.165, 1.54) is 6.20 Å². The third kappa shape index (κ3) is 2.50. The van der Waals surface area contributed by atoms with Crippen LogP contribution in [0, 0.1) is 6.92 Å². The Labute approximate surface area is 99.1 Å². The zero-order valence-electron chi connectivity index (χ0n) is 9.75. The van der Waals surface area contributed by atoms with Crippen molar-refractivity contribution in [1.29, 1.82) is 0 Å². The van der Waals surface area contributed by atoms with Crippen LogP contribution >= 0.6 is 0 Å². The predicted octanol–water partition coefficient (Wildman–Crippen LogP) is 1.75. The van der Waals surface area contributed by atoms with E-state index in [4.69, 9.17) is 4.74 Å². The number of hydrogen-bond donors (Lipinski definition) is 0. The molecule has 0 aliphatic rings. The standard InChI is InChI=1S/C12H13N3O2/c1-3-17-12(16)10-7-14-15(8-10)11-6-9(2)4-5-13-11/h4-8H,3H2,1-2H3. The SMILES string of the molecule is CCOC(=O)c1cnn(-c2cc(C)ccn2)c1. The molecule has 17 heavy (non-hydrogen) atoms. The first-order valence-electron chi connectivity index (χ1n) is 5.35. The molecular formula is C12H13N3O2. The van der Waals surface area contributed by atoms with Crippen LogP contribution in [-0.2, 0) is 4.74 Å². The van der Waals surface area contributed by atoms with Crippen molar-refractivity contribution < 1.29 is 9.53 Å². The summed E-state index contributed by atoms with van der Waals surface area (Å²) in [6.45, 7) is 4.10. The minimum atomic E-state index is -0.369. The van der Waals surface area contributed by atoms with Gasteiger partial charge in [0.15, 0.2) is 5.82 Å². The van der Waals surface area contributed by atoms with Crippen molar-refractivity contribution in [2.75, 3.05) is 6.61 Å². The Bertz CT molecular complexity index is 534. The summed E-state index contributed by atoms with van der Waals surface area (Å²) in [5.41, 5.74) is 1.51. The molecule has 0 N–H and O–H groups in total. The van der Waals surface area contributed by atoms with Crippen molar-refractivity contribution in [1.82, 2.24) is 14.8 Å². The maximum absolute atomic E-state index is 11.5. The first-order chi connectivity index (χ1) is 8.20. The number of hydrogen-bond acceptors (Lipinski definition) is 4. The van der Waals surface area contributed by atoms with Crippen LogP contribution in [0.15, 0.2) is 30.7 Å². The van der Waals surface area contributed by atoms with Crippen molar-refractivity contribution in [2.24, 2.45) is 0 Å². The smallest absolute Gasteiger partial charge is 0.341 e. The van der Waals surface area contributed by atoms with Gasteiger partial charge in [0.25, 0.3) is 0 Å². The number of pyridine rings is 1. The molecule has 0 saturated heterocycles. The Balaban J connectivity index is 2.27. The Morgan fingerprint density at radius 2 is 2.35 bits per heavy atom. The van der Waals surface area contributed by atoms with Crippen molar-refractivity contribution in [3.05, 3.63) is 41.9 Å². The quantitative estimate of drug-likeness (QED) is 0.755. The molecule has 5 heteroatoms. The molecule has 0 atom stereocenters. The second-order valence-corrected chi connectivity index (χ2v) is 3.59. The molecule has 0 unspecified atom stereocenters. The van der Waals surface area contributed by atoms with Gasteiger partial charge in [0.05, 0.1) is 18.4 Å². The average Bonchev–Trinajstić information content (AvgIpc) is 2.78. The van der Waals surface area contributed by atoms with Gasteiger partial charge in [-0.15, -0.1) is 0 Å². The fourth-order valence-corrected chi connectivity index (χ4v) is 1.41. The van der Waals surface area contributed by atoms with Gasteiger partial charge in [0.1, 0.15) is 0 Å². The Morgan fingerprint density at radius 3 is 3.06 bits per heavy atom. The normalized spacial score (nSPS) is 10.2. The van der Waals surface area contributed by atoms with Gasteiger partial charge in [-0.05, 0) is 31.5 Å². The summed E-state index contributed by atoms with van der Waals surface area (Å²) in [6, 6.07) is 3.79. The first kappa shape index (κ1) is 11.3. The molecule has 0 amide bonds. The van der Waals surface area contributed by atoms with Gasteiger partial charge in [0.2, 0.25) is 0 Å². The number of ether oxygens (including phenoxy) is 1. The molecule has 2 rings (SSSR count). The van der Waals surface area contributed by atoms with E-state index in [1.54, 1.807) is 24.0 Å². The van der Waals surface area contributed by atoms with Gasteiger partial charge in [-0.3, -0.25) is 0 Å². The van der Waals surface area contributed by atoms with Crippen molar-refractivity contribution in [3.8, 4) is 5.82 Å². The van der Waals surface area contributed by atoms with Crippen molar-refractivity contribution in [3.63, 3.8) is 0 Å². The summed E-state index contributed by atoms with van der Waals surface area (Å²) in [6.07, 6.45) is 4.79. The molecule has 0 aromatic carbocycles. The molecule has 2 heterocycles. The first-order valence-corrected chi connectivity index (χ1v) is 5.35. The maximum Gasteiger partial charge on any atom is 0.341 e. The summed E-state index contributed by atoms with van der Waals surface area (Å²) in [4.78, 5) is 15.6. The van der Waals surface area contributed by atoms with Crippen molar-refractivity contribution in [2.45, 2.75) is 13.8 Å². The van der Waals surface area contributed by atoms with Crippen LogP contribution < -0.4 is 0 Å². The van der Waals surface area contributed by atoms with Gasteiger partial charge in [0, 0.05) is 12.4 Å². The van der Waals surface area contributed by atoms with Gasteiger partial charge >= 0.3 is 5.97 Å². The predicted molar refractivity (Wildman–Crippen MR) is 62.1 cm³/mol. The van der Waals surface area contributed by atoms with Crippen LogP contribution in [-0.4, -0.2) is 27.3 Å². The third-order valence-corrected chi connectivity index (χ3v) is 2.23. The number of carbonyl (C=O) groups excluding carboxylic acids is 1. The summed E-state index contributed by atoms with van der Waals surface area (Å²) in [5, 5.41) is 4.08. The van der Waals surface area contributed by atoms with Crippen LogP contribution in [0.1, 0.15) is 22.8 Å². The van der Waals surface area contributed by atoms with Gasteiger partial charge in [-0.25, -0.2) is 14.5 Å². The number of aryl methyl sites for hydroxylation is 1. The van der Waals surface area contributed by atoms with E-state index in [1.807, 2.05) is 19.1 Å². The molecule has 0 radical (unpaired) electrons. The number of aromatic nitrogens is 3. The molecule has 88 valence electrons. The maximum atomic E-state index is 11.5. The van der Waals surface area contributed by atoms with E-state index in [9.17, 15) is 4.79 Å². The Hall–Kier alpha value is -2.17. The Morgan fingerprint density at radius 1 is 1.53 bits per heavy atom. The molecule has 0 aliphatic carbocycles. The van der Waals surface area contributed by atoms with E-state index in [-0.39, 0.29) is 5.97 Å². The molecule has 0 bridgehead atoms. The van der Waals surface area contributed by atoms with Gasteiger partial charge in [-0.1, -0.05) is 0 Å². The van der Waals surface area contributed by atoms with E-state index >= 15 is 0 Å². The van der Waals surface area contributed by atoms with Crippen LogP contribution in [0.3, 0.4) is 0 Å². The third-order valence-electron chi connectivity index (χ3n) is 2.23. The highest BCUT2D eigenvalue weighted by Crippen LogP contribution is 2.08. The topological polar surface area (TPSA) is 57.0 Å². The Kier molecular flexibility index (Phi) is 3.18. The minimum absolute atomic E-state index is 0.354. The molecule has 2 aromatic rings. The lowest BCUT2D eigenvalue weighted by molar-refractivity contribution is 0.0526. The monoisotopic (exact) mass is 231 g/mol. The van der Waals surface area contributed by atoms with E-state index in [0.29, 0.717) is 18.0 Å². The summed E-state index contributed by atoms with van der Waals surface area (Å²) in [7, 11) is 0. The van der Waals surface area contributed by atoms with Crippen LogP contribution in [0.2, 0.25) is 0 Å². The van der Waals surface area contributed by atoms with Crippen LogP contribution in [0.4, 0.5) is 0 Å². The van der Waals surface area contributed by atoms with E-state index < -0.39 is 0 Å². The average molecular weight is 231 g/mol. The van der Waals surface area contributed by atoms with E-state index in [2.05, 4.69) is 10.1 Å². The fourth-order valence-electron chi connectivity index (χ4n) is 1.41. The van der Waals surface area contributed by atoms with E-state index in [0.717, 1.165) is 5.56 Å². The van der Waals surface area contributed by atoms with Crippen LogP contribution in [0.5, 0.6) is 0 Å². The molecule has 0 saturated carbocycles. The fraction of sp³-hybridized carbons (Fsp3) is 0.250. The van der Waals surface area contributed by atoms with Gasteiger partial charge < -0.3 is 4.74 Å². The highest BCUT2D eigenvalue weighted by atomic mass is 16.5. The lowest BCUT2D eigenvalue weighted by atomic mass is 10.3. The number of carbonyl (C=O) groups is 1.